The van der Waals surface area contributed by atoms with Crippen molar-refractivity contribution >= 4 is 49.1 Å². The molecule has 2 N–H and O–H groups in total. The van der Waals surface area contributed by atoms with Crippen LogP contribution in [0.1, 0.15) is 0 Å². The molecule has 0 atom stereocenters. The molecule has 17 heavy (non-hydrogen) atoms. The second-order valence-corrected chi connectivity index (χ2v) is 5.51. The number of hydrogen-bond donors (Lipinski definition) is 1. The molecule has 2 aromatic rings. The summed E-state index contributed by atoms with van der Waals surface area (Å²) >= 11 is 12.8. The fourth-order valence-corrected chi connectivity index (χ4v) is 2.65. The van der Waals surface area contributed by atoms with Crippen LogP contribution in [0, 0.1) is 0 Å². The lowest BCUT2D eigenvalue weighted by Gasteiger charge is -2.11. The molecule has 0 aliphatic carbocycles. The zero-order chi connectivity index (χ0) is 12.4. The predicted molar refractivity (Wildman–Crippen MR) is 77.8 cm³/mol. The smallest absolute Gasteiger partial charge is 0.168 e. The zero-order valence-electron chi connectivity index (χ0n) is 8.58. The number of hydrogen-bond acceptors (Lipinski definition) is 2. The van der Waals surface area contributed by atoms with Gasteiger partial charge in [-0.2, -0.15) is 0 Å². The number of rotatable bonds is 2. The molecular formula is C12H8Br2ClNO. The van der Waals surface area contributed by atoms with Crippen molar-refractivity contribution in [3.63, 3.8) is 0 Å². The van der Waals surface area contributed by atoms with E-state index in [2.05, 4.69) is 31.9 Å². The van der Waals surface area contributed by atoms with Gasteiger partial charge in [-0.15, -0.1) is 0 Å². The van der Waals surface area contributed by atoms with Crippen LogP contribution in [-0.4, -0.2) is 0 Å². The van der Waals surface area contributed by atoms with E-state index in [0.29, 0.717) is 22.2 Å². The third-order valence-electron chi connectivity index (χ3n) is 2.10. The summed E-state index contributed by atoms with van der Waals surface area (Å²) in [5.74, 6) is 1.13. The van der Waals surface area contributed by atoms with E-state index in [1.807, 2.05) is 18.2 Å². The molecule has 5 heteroatoms. The second kappa shape index (κ2) is 5.29. The molecule has 0 aliphatic heterocycles. The van der Waals surface area contributed by atoms with E-state index < -0.39 is 0 Å². The van der Waals surface area contributed by atoms with E-state index in [1.54, 1.807) is 18.2 Å². The number of ether oxygens (including phenoxy) is 1. The number of benzene rings is 2. The van der Waals surface area contributed by atoms with Crippen molar-refractivity contribution in [1.29, 1.82) is 0 Å². The van der Waals surface area contributed by atoms with Crippen LogP contribution in [0.4, 0.5) is 5.69 Å². The molecule has 2 nitrogen and oxygen atoms in total. The van der Waals surface area contributed by atoms with Crippen LogP contribution >= 0.6 is 43.5 Å². The van der Waals surface area contributed by atoms with Crippen LogP contribution in [-0.2, 0) is 0 Å². The van der Waals surface area contributed by atoms with Gasteiger partial charge >= 0.3 is 0 Å². The van der Waals surface area contributed by atoms with Crippen LogP contribution in [0.25, 0.3) is 0 Å². The van der Waals surface area contributed by atoms with E-state index in [0.717, 1.165) is 8.95 Å². The molecular weight excluding hydrogens is 369 g/mol. The van der Waals surface area contributed by atoms with Crippen LogP contribution < -0.4 is 10.5 Å². The number of nitrogen functional groups attached to an aromatic ring is 1. The molecule has 0 aromatic heterocycles. The lowest BCUT2D eigenvalue weighted by Crippen LogP contribution is -1.93. The number of nitrogens with two attached hydrogens (primary N) is 1. The van der Waals surface area contributed by atoms with Gasteiger partial charge in [0, 0.05) is 4.47 Å². The summed E-state index contributed by atoms with van der Waals surface area (Å²) in [6.07, 6.45) is 0. The maximum Gasteiger partial charge on any atom is 0.168 e. The molecule has 0 saturated carbocycles. The van der Waals surface area contributed by atoms with Gasteiger partial charge < -0.3 is 10.5 Å². The van der Waals surface area contributed by atoms with Gasteiger partial charge in [0.25, 0.3) is 0 Å². The van der Waals surface area contributed by atoms with Crippen LogP contribution in [0.5, 0.6) is 11.5 Å². The maximum absolute atomic E-state index is 6.03. The molecule has 0 unspecified atom stereocenters. The van der Waals surface area contributed by atoms with Crippen molar-refractivity contribution in [3.05, 3.63) is 50.4 Å². The third kappa shape index (κ3) is 2.94. The molecule has 0 amide bonds. The molecule has 0 heterocycles. The molecule has 0 bridgehead atoms. The SMILES string of the molecule is Nc1cccc(Cl)c1Oc1ccc(Br)cc1Br. The highest BCUT2D eigenvalue weighted by Crippen LogP contribution is 2.38. The van der Waals surface area contributed by atoms with Gasteiger partial charge in [-0.25, -0.2) is 0 Å². The Kier molecular flexibility index (Phi) is 3.97. The van der Waals surface area contributed by atoms with Crippen molar-refractivity contribution in [1.82, 2.24) is 0 Å². The standard InChI is InChI=1S/C12H8Br2ClNO/c13-7-4-5-11(8(14)6-7)17-12-9(15)2-1-3-10(12)16/h1-6H,16H2. The van der Waals surface area contributed by atoms with Crippen molar-refractivity contribution in [2.24, 2.45) is 0 Å². The van der Waals surface area contributed by atoms with Crippen molar-refractivity contribution < 1.29 is 4.74 Å². The van der Waals surface area contributed by atoms with Crippen LogP contribution in [0.2, 0.25) is 5.02 Å². The highest BCUT2D eigenvalue weighted by atomic mass is 79.9. The summed E-state index contributed by atoms with van der Waals surface area (Å²) in [6.45, 7) is 0. The first-order valence-corrected chi connectivity index (χ1v) is 6.71. The predicted octanol–water partition coefficient (Wildman–Crippen LogP) is 5.24. The minimum absolute atomic E-state index is 0.470. The highest BCUT2D eigenvalue weighted by molar-refractivity contribution is 9.11. The normalized spacial score (nSPS) is 10.3. The molecule has 88 valence electrons. The average Bonchev–Trinajstić information content (AvgIpc) is 2.26. The van der Waals surface area contributed by atoms with Crippen molar-refractivity contribution in [3.8, 4) is 11.5 Å². The van der Waals surface area contributed by atoms with Gasteiger partial charge in [0.1, 0.15) is 5.75 Å². The summed E-state index contributed by atoms with van der Waals surface area (Å²) in [7, 11) is 0. The molecule has 2 rings (SSSR count). The van der Waals surface area contributed by atoms with Crippen LogP contribution in [0.15, 0.2) is 45.3 Å². The first-order valence-electron chi connectivity index (χ1n) is 4.75. The topological polar surface area (TPSA) is 35.2 Å². The Morgan fingerprint density at radius 3 is 2.53 bits per heavy atom. The molecule has 2 aromatic carbocycles. The van der Waals surface area contributed by atoms with E-state index in [9.17, 15) is 0 Å². The van der Waals surface area contributed by atoms with Gasteiger partial charge in [-0.05, 0) is 46.3 Å². The number of halogens is 3. The highest BCUT2D eigenvalue weighted by Gasteiger charge is 2.09. The summed E-state index contributed by atoms with van der Waals surface area (Å²) < 4.78 is 7.49. The lowest BCUT2D eigenvalue weighted by molar-refractivity contribution is 0.482. The molecule has 0 spiro atoms. The molecule has 0 aliphatic rings. The van der Waals surface area contributed by atoms with E-state index in [-0.39, 0.29) is 0 Å². The van der Waals surface area contributed by atoms with Gasteiger partial charge in [-0.3, -0.25) is 0 Å². The lowest BCUT2D eigenvalue weighted by atomic mass is 10.3. The monoisotopic (exact) mass is 375 g/mol. The largest absolute Gasteiger partial charge is 0.452 e. The van der Waals surface area contributed by atoms with E-state index in [4.69, 9.17) is 22.1 Å². The minimum atomic E-state index is 0.470. The maximum atomic E-state index is 6.03. The zero-order valence-corrected chi connectivity index (χ0v) is 12.5. The van der Waals surface area contributed by atoms with Gasteiger partial charge in [0.05, 0.1) is 15.2 Å². The van der Waals surface area contributed by atoms with Gasteiger partial charge in [0.15, 0.2) is 5.75 Å². The van der Waals surface area contributed by atoms with E-state index >= 15 is 0 Å². The number of anilines is 1. The third-order valence-corrected chi connectivity index (χ3v) is 3.51. The first kappa shape index (κ1) is 12.7. The van der Waals surface area contributed by atoms with E-state index in [1.165, 1.54) is 0 Å². The summed E-state index contributed by atoms with van der Waals surface area (Å²) in [5, 5.41) is 0.486. The Morgan fingerprint density at radius 1 is 1.12 bits per heavy atom. The summed E-state index contributed by atoms with van der Waals surface area (Å²) in [4.78, 5) is 0. The summed E-state index contributed by atoms with van der Waals surface area (Å²) in [6, 6.07) is 10.9. The quantitative estimate of drug-likeness (QED) is 0.727. The van der Waals surface area contributed by atoms with Crippen LogP contribution in [0.3, 0.4) is 0 Å². The van der Waals surface area contributed by atoms with Crippen molar-refractivity contribution in [2.45, 2.75) is 0 Å². The summed E-state index contributed by atoms with van der Waals surface area (Å²) in [5.41, 5.74) is 6.32. The van der Waals surface area contributed by atoms with Gasteiger partial charge in [-0.1, -0.05) is 33.6 Å². The first-order chi connectivity index (χ1) is 8.08. The molecule has 0 saturated heterocycles. The Labute approximate surface area is 121 Å². The minimum Gasteiger partial charge on any atom is -0.452 e. The fourth-order valence-electron chi connectivity index (χ4n) is 1.30. The van der Waals surface area contributed by atoms with Crippen molar-refractivity contribution in [2.75, 3.05) is 5.73 Å². The Morgan fingerprint density at radius 2 is 1.88 bits per heavy atom. The molecule has 0 fully saturated rings. The fraction of sp³-hybridized carbons (Fsp3) is 0. The Balaban J connectivity index is 2.38. The second-order valence-electron chi connectivity index (χ2n) is 3.33. The number of para-hydroxylation sites is 1. The Hall–Kier alpha value is -0.710. The molecule has 0 radical (unpaired) electrons. The van der Waals surface area contributed by atoms with Gasteiger partial charge in [0.2, 0.25) is 0 Å². The Bertz CT molecular complexity index is 540. The average molecular weight is 377 g/mol.